The quantitative estimate of drug-likeness (QED) is 0.265. The van der Waals surface area contributed by atoms with Gasteiger partial charge in [0.05, 0.1) is 31.1 Å². The van der Waals surface area contributed by atoms with E-state index in [9.17, 15) is 14.7 Å². The number of nitrogens with one attached hydrogen (secondary N) is 1. The molecule has 0 aliphatic heterocycles. The number of nitrogens with two attached hydrogens (primary N) is 1. The molecular formula is C21H23ClN8O4. The van der Waals surface area contributed by atoms with E-state index < -0.39 is 12.0 Å². The van der Waals surface area contributed by atoms with Crippen LogP contribution in [0.5, 0.6) is 0 Å². The summed E-state index contributed by atoms with van der Waals surface area (Å²) in [4.78, 5) is 29.2. The number of aromatic nitrogens is 5. The first-order valence-electron chi connectivity index (χ1n) is 10.3. The molecule has 13 heteroatoms. The van der Waals surface area contributed by atoms with Crippen LogP contribution in [0.1, 0.15) is 22.8 Å². The number of hydrogen-bond donors (Lipinski definition) is 3. The fourth-order valence-corrected chi connectivity index (χ4v) is 3.71. The fourth-order valence-electron chi connectivity index (χ4n) is 3.53. The van der Waals surface area contributed by atoms with Gasteiger partial charge < -0.3 is 20.9 Å². The first-order chi connectivity index (χ1) is 16.2. The molecule has 4 N–H and O–H groups in total. The molecule has 0 spiro atoms. The number of halogens is 1. The van der Waals surface area contributed by atoms with Gasteiger partial charge in [-0.1, -0.05) is 11.6 Å². The summed E-state index contributed by atoms with van der Waals surface area (Å²) in [6, 6.07) is 4.82. The van der Waals surface area contributed by atoms with Gasteiger partial charge in [0.15, 0.2) is 5.65 Å². The van der Waals surface area contributed by atoms with Crippen molar-refractivity contribution in [2.75, 3.05) is 24.3 Å². The molecule has 4 aromatic rings. The van der Waals surface area contributed by atoms with Crippen LogP contribution >= 0.6 is 11.6 Å². The monoisotopic (exact) mass is 486 g/mol. The summed E-state index contributed by atoms with van der Waals surface area (Å²) in [5.41, 5.74) is 8.82. The van der Waals surface area contributed by atoms with Gasteiger partial charge in [0.2, 0.25) is 0 Å². The van der Waals surface area contributed by atoms with Gasteiger partial charge in [0.1, 0.15) is 16.5 Å². The molecule has 0 saturated heterocycles. The van der Waals surface area contributed by atoms with Crippen LogP contribution in [-0.2, 0) is 18.4 Å². The second-order valence-corrected chi connectivity index (χ2v) is 8.24. The predicted molar refractivity (Wildman–Crippen MR) is 126 cm³/mol. The van der Waals surface area contributed by atoms with Crippen LogP contribution in [0.4, 0.5) is 16.3 Å². The van der Waals surface area contributed by atoms with E-state index in [0.717, 1.165) is 21.4 Å². The molecule has 4 rings (SSSR count). The van der Waals surface area contributed by atoms with E-state index >= 15 is 0 Å². The van der Waals surface area contributed by atoms with Crippen LogP contribution < -0.4 is 16.0 Å². The van der Waals surface area contributed by atoms with Crippen LogP contribution in [-0.4, -0.2) is 61.2 Å². The van der Waals surface area contributed by atoms with Crippen molar-refractivity contribution in [3.8, 4) is 0 Å². The Bertz CT molecular complexity index is 1400. The number of nitrogen functional groups attached to an aromatic ring is 1. The number of nitrogens with zero attached hydrogens (tertiary/aromatic N) is 6. The van der Waals surface area contributed by atoms with Crippen molar-refractivity contribution < 1.29 is 19.4 Å². The summed E-state index contributed by atoms with van der Waals surface area (Å²) in [6.07, 6.45) is 1.82. The molecule has 0 saturated carbocycles. The lowest BCUT2D eigenvalue weighted by Gasteiger charge is -2.15. The number of benzene rings is 1. The standard InChI is InChI=1S/C21H23ClN8O4/c1-11(9-34-10-12-4-15(23)13-7-24-29(3)16(13)5-12)26-20(31)14-8-25-30-18(28(2)21(32)33)6-17(22)27-19(14)30/h4-8,11H,9-10,23H2,1-3H3,(H,26,31)(H,32,33). The highest BCUT2D eigenvalue weighted by molar-refractivity contribution is 6.30. The number of anilines is 2. The van der Waals surface area contributed by atoms with Crippen molar-refractivity contribution in [1.82, 2.24) is 29.7 Å². The molecular weight excluding hydrogens is 464 g/mol. The van der Waals surface area contributed by atoms with E-state index in [1.54, 1.807) is 17.8 Å². The van der Waals surface area contributed by atoms with Crippen molar-refractivity contribution in [3.05, 3.63) is 46.9 Å². The van der Waals surface area contributed by atoms with Crippen molar-refractivity contribution in [2.24, 2.45) is 7.05 Å². The Kier molecular flexibility index (Phi) is 6.26. The minimum absolute atomic E-state index is 0.0335. The van der Waals surface area contributed by atoms with Gasteiger partial charge >= 0.3 is 6.09 Å². The Morgan fingerprint density at radius 3 is 2.79 bits per heavy atom. The lowest BCUT2D eigenvalue weighted by atomic mass is 10.1. The fraction of sp³-hybridized carbons (Fsp3) is 0.286. The third-order valence-electron chi connectivity index (χ3n) is 5.27. The van der Waals surface area contributed by atoms with Crippen LogP contribution in [0.3, 0.4) is 0 Å². The zero-order chi connectivity index (χ0) is 24.6. The first kappa shape index (κ1) is 23.3. The number of fused-ring (bicyclic) bond motifs is 2. The number of aryl methyl sites for hydroxylation is 1. The van der Waals surface area contributed by atoms with Gasteiger partial charge in [-0.3, -0.25) is 14.4 Å². The first-order valence-corrected chi connectivity index (χ1v) is 10.6. The van der Waals surface area contributed by atoms with Gasteiger partial charge in [-0.25, -0.2) is 9.78 Å². The highest BCUT2D eigenvalue weighted by atomic mass is 35.5. The van der Waals surface area contributed by atoms with Gasteiger partial charge in [0, 0.05) is 37.3 Å². The molecule has 0 aliphatic rings. The van der Waals surface area contributed by atoms with Crippen molar-refractivity contribution in [3.63, 3.8) is 0 Å². The smallest absolute Gasteiger partial charge is 0.412 e. The summed E-state index contributed by atoms with van der Waals surface area (Å²) in [7, 11) is 3.18. The normalized spacial score (nSPS) is 12.2. The summed E-state index contributed by atoms with van der Waals surface area (Å²) in [5.74, 6) is -0.284. The molecule has 0 radical (unpaired) electrons. The molecule has 1 unspecified atom stereocenters. The van der Waals surface area contributed by atoms with Gasteiger partial charge in [-0.2, -0.15) is 14.7 Å². The number of hydrogen-bond acceptors (Lipinski definition) is 7. The summed E-state index contributed by atoms with van der Waals surface area (Å²) >= 11 is 6.05. The zero-order valence-corrected chi connectivity index (χ0v) is 19.4. The zero-order valence-electron chi connectivity index (χ0n) is 18.7. The highest BCUT2D eigenvalue weighted by Crippen LogP contribution is 2.23. The molecule has 178 valence electrons. The van der Waals surface area contributed by atoms with E-state index in [0.29, 0.717) is 12.3 Å². The number of carbonyl (C=O) groups excluding carboxylic acids is 1. The highest BCUT2D eigenvalue weighted by Gasteiger charge is 2.21. The van der Waals surface area contributed by atoms with Gasteiger partial charge in [-0.05, 0) is 24.6 Å². The Morgan fingerprint density at radius 2 is 2.06 bits per heavy atom. The lowest BCUT2D eigenvalue weighted by molar-refractivity contribution is 0.0821. The molecule has 3 heterocycles. The second kappa shape index (κ2) is 9.15. The average Bonchev–Trinajstić information content (AvgIpc) is 3.36. The molecule has 3 aromatic heterocycles. The van der Waals surface area contributed by atoms with Gasteiger partial charge in [0.25, 0.3) is 5.91 Å². The minimum atomic E-state index is -1.21. The summed E-state index contributed by atoms with van der Waals surface area (Å²) in [5, 5.41) is 21.3. The predicted octanol–water partition coefficient (Wildman–Crippen LogP) is 2.30. The Labute approximate surface area is 198 Å². The molecule has 12 nitrogen and oxygen atoms in total. The van der Waals surface area contributed by atoms with Crippen molar-refractivity contribution in [1.29, 1.82) is 0 Å². The maximum absolute atomic E-state index is 12.8. The minimum Gasteiger partial charge on any atom is -0.465 e. The lowest BCUT2D eigenvalue weighted by Crippen LogP contribution is -2.36. The van der Waals surface area contributed by atoms with Crippen molar-refractivity contribution >= 4 is 51.7 Å². The molecule has 1 aromatic carbocycles. The topological polar surface area (TPSA) is 153 Å². The number of amides is 2. The maximum atomic E-state index is 12.8. The third-order valence-corrected chi connectivity index (χ3v) is 5.46. The number of carboxylic acid groups (broad SMARTS) is 1. The number of rotatable bonds is 7. The van der Waals surface area contributed by atoms with Crippen LogP contribution in [0, 0.1) is 0 Å². The molecule has 0 bridgehead atoms. The van der Waals surface area contributed by atoms with Crippen LogP contribution in [0.2, 0.25) is 5.15 Å². The van der Waals surface area contributed by atoms with Crippen LogP contribution in [0.15, 0.2) is 30.6 Å². The average molecular weight is 487 g/mol. The second-order valence-electron chi connectivity index (χ2n) is 7.85. The molecule has 34 heavy (non-hydrogen) atoms. The van der Waals surface area contributed by atoms with Gasteiger partial charge in [-0.15, -0.1) is 0 Å². The van der Waals surface area contributed by atoms with E-state index in [1.165, 1.54) is 23.8 Å². The van der Waals surface area contributed by atoms with E-state index in [1.807, 2.05) is 19.2 Å². The SMILES string of the molecule is CC(COCc1cc(N)c2cnn(C)c2c1)NC(=O)c1cnn2c(N(C)C(=O)O)cc(Cl)nc12. The number of carbonyl (C=O) groups is 2. The summed E-state index contributed by atoms with van der Waals surface area (Å²) in [6.45, 7) is 2.35. The molecule has 2 amide bonds. The van der Waals surface area contributed by atoms with Crippen LogP contribution in [0.25, 0.3) is 16.6 Å². The van der Waals surface area contributed by atoms with E-state index in [-0.39, 0.29) is 34.8 Å². The molecule has 0 fully saturated rings. The number of ether oxygens (including phenoxy) is 1. The maximum Gasteiger partial charge on any atom is 0.412 e. The van der Waals surface area contributed by atoms with E-state index in [4.69, 9.17) is 22.1 Å². The largest absolute Gasteiger partial charge is 0.465 e. The van der Waals surface area contributed by atoms with E-state index in [2.05, 4.69) is 20.5 Å². The Balaban J connectivity index is 1.42. The third kappa shape index (κ3) is 4.45. The summed E-state index contributed by atoms with van der Waals surface area (Å²) < 4.78 is 8.76. The Morgan fingerprint density at radius 1 is 1.29 bits per heavy atom. The molecule has 0 aliphatic carbocycles. The Hall–Kier alpha value is -3.90. The van der Waals surface area contributed by atoms with Crippen molar-refractivity contribution in [2.45, 2.75) is 19.6 Å². The molecule has 1 atom stereocenters.